The van der Waals surface area contributed by atoms with Crippen LogP contribution in [0.2, 0.25) is 0 Å². The number of benzene rings is 1. The molecule has 0 saturated heterocycles. The lowest BCUT2D eigenvalue weighted by molar-refractivity contribution is 0.260. The number of methoxy groups -OCH3 is 1. The third kappa shape index (κ3) is 5.69. The zero-order valence-corrected chi connectivity index (χ0v) is 16.4. The van der Waals surface area contributed by atoms with Gasteiger partial charge in [0, 0.05) is 49.8 Å². The Hall–Kier alpha value is -3.12. The maximum absolute atomic E-state index is 5.83. The van der Waals surface area contributed by atoms with E-state index in [4.69, 9.17) is 10.5 Å². The molecule has 0 fully saturated rings. The molecule has 3 aromatic rings. The molecule has 0 spiro atoms. The molecule has 0 radical (unpaired) electrons. The van der Waals surface area contributed by atoms with Gasteiger partial charge in [-0.1, -0.05) is 12.1 Å². The Morgan fingerprint density at radius 2 is 1.86 bits per heavy atom. The SMILES string of the molecule is COc1cc(N)ccc1NCCN(Cc1ccccn1)Cc1cccc(C)n1. The van der Waals surface area contributed by atoms with E-state index in [1.165, 1.54) is 0 Å². The van der Waals surface area contributed by atoms with Crippen molar-refractivity contribution in [2.45, 2.75) is 20.0 Å². The smallest absolute Gasteiger partial charge is 0.143 e. The summed E-state index contributed by atoms with van der Waals surface area (Å²) in [5.74, 6) is 0.747. The lowest BCUT2D eigenvalue weighted by Crippen LogP contribution is -2.29. The standard InChI is InChI=1S/C22H27N5O/c1-17-6-5-8-20(26-17)16-27(15-19-7-3-4-11-24-19)13-12-25-21-10-9-18(23)14-22(21)28-2/h3-11,14,25H,12-13,15-16,23H2,1-2H3. The van der Waals surface area contributed by atoms with Gasteiger partial charge in [-0.2, -0.15) is 0 Å². The molecular formula is C22H27N5O. The molecule has 28 heavy (non-hydrogen) atoms. The van der Waals surface area contributed by atoms with E-state index >= 15 is 0 Å². The number of nitrogens with zero attached hydrogens (tertiary/aromatic N) is 3. The van der Waals surface area contributed by atoms with Crippen molar-refractivity contribution in [3.8, 4) is 5.75 Å². The molecule has 0 atom stereocenters. The van der Waals surface area contributed by atoms with Crippen LogP contribution in [0.5, 0.6) is 5.75 Å². The highest BCUT2D eigenvalue weighted by Crippen LogP contribution is 2.26. The first-order valence-corrected chi connectivity index (χ1v) is 9.36. The molecule has 146 valence electrons. The van der Waals surface area contributed by atoms with Gasteiger partial charge >= 0.3 is 0 Å². The van der Waals surface area contributed by atoms with E-state index in [2.05, 4.69) is 26.3 Å². The summed E-state index contributed by atoms with van der Waals surface area (Å²) in [6.07, 6.45) is 1.83. The fourth-order valence-corrected chi connectivity index (χ4v) is 3.05. The van der Waals surface area contributed by atoms with E-state index < -0.39 is 0 Å². The zero-order valence-electron chi connectivity index (χ0n) is 16.4. The molecule has 2 aromatic heterocycles. The van der Waals surface area contributed by atoms with Crippen LogP contribution in [0.1, 0.15) is 17.1 Å². The summed E-state index contributed by atoms with van der Waals surface area (Å²) in [5, 5.41) is 3.44. The van der Waals surface area contributed by atoms with Crippen LogP contribution >= 0.6 is 0 Å². The molecule has 0 bridgehead atoms. The van der Waals surface area contributed by atoms with E-state index in [9.17, 15) is 0 Å². The lowest BCUT2D eigenvalue weighted by Gasteiger charge is -2.22. The average molecular weight is 377 g/mol. The fraction of sp³-hybridized carbons (Fsp3) is 0.273. The average Bonchev–Trinajstić information content (AvgIpc) is 2.69. The van der Waals surface area contributed by atoms with Crippen molar-refractivity contribution in [3.05, 3.63) is 77.9 Å². The zero-order chi connectivity index (χ0) is 19.8. The number of rotatable bonds is 9. The number of ether oxygens (including phenoxy) is 1. The van der Waals surface area contributed by atoms with Crippen molar-refractivity contribution in [1.29, 1.82) is 0 Å². The molecule has 0 saturated carbocycles. The number of aromatic nitrogens is 2. The van der Waals surface area contributed by atoms with Crippen LogP contribution in [0, 0.1) is 6.92 Å². The first-order valence-electron chi connectivity index (χ1n) is 9.36. The summed E-state index contributed by atoms with van der Waals surface area (Å²) < 4.78 is 5.41. The predicted octanol–water partition coefficient (Wildman–Crippen LogP) is 3.49. The molecule has 3 rings (SSSR count). The Bertz CT molecular complexity index is 885. The van der Waals surface area contributed by atoms with Gasteiger partial charge in [0.1, 0.15) is 5.75 Å². The minimum absolute atomic E-state index is 0.685. The van der Waals surface area contributed by atoms with Crippen LogP contribution in [0.25, 0.3) is 0 Å². The number of aryl methyl sites for hydroxylation is 1. The van der Waals surface area contributed by atoms with Crippen molar-refractivity contribution in [3.63, 3.8) is 0 Å². The second-order valence-corrected chi connectivity index (χ2v) is 6.69. The van der Waals surface area contributed by atoms with E-state index in [0.29, 0.717) is 5.69 Å². The molecule has 0 aliphatic carbocycles. The van der Waals surface area contributed by atoms with Crippen LogP contribution < -0.4 is 15.8 Å². The third-order valence-corrected chi connectivity index (χ3v) is 4.41. The van der Waals surface area contributed by atoms with Crippen molar-refractivity contribution in [2.24, 2.45) is 0 Å². The normalized spacial score (nSPS) is 10.8. The van der Waals surface area contributed by atoms with Gasteiger partial charge in [0.05, 0.1) is 24.2 Å². The highest BCUT2D eigenvalue weighted by atomic mass is 16.5. The first kappa shape index (κ1) is 19.6. The van der Waals surface area contributed by atoms with Gasteiger partial charge in [0.15, 0.2) is 0 Å². The summed E-state index contributed by atoms with van der Waals surface area (Å²) in [7, 11) is 1.65. The fourth-order valence-electron chi connectivity index (χ4n) is 3.05. The third-order valence-electron chi connectivity index (χ3n) is 4.41. The Labute approximate surface area is 166 Å². The van der Waals surface area contributed by atoms with Crippen molar-refractivity contribution in [1.82, 2.24) is 14.9 Å². The van der Waals surface area contributed by atoms with E-state index in [-0.39, 0.29) is 0 Å². The number of pyridine rings is 2. The lowest BCUT2D eigenvalue weighted by atomic mass is 10.2. The molecule has 2 heterocycles. The maximum atomic E-state index is 5.83. The molecule has 6 heteroatoms. The van der Waals surface area contributed by atoms with Gasteiger partial charge in [-0.3, -0.25) is 14.9 Å². The molecular weight excluding hydrogens is 350 g/mol. The summed E-state index contributed by atoms with van der Waals surface area (Å²) >= 11 is 0. The van der Waals surface area contributed by atoms with Crippen LogP contribution in [-0.2, 0) is 13.1 Å². The van der Waals surface area contributed by atoms with Gasteiger partial charge in [-0.25, -0.2) is 0 Å². The molecule has 0 aliphatic rings. The number of anilines is 2. The number of nitrogens with two attached hydrogens (primary N) is 1. The number of nitrogen functional groups attached to an aromatic ring is 1. The Balaban J connectivity index is 1.66. The molecule has 0 unspecified atom stereocenters. The first-order chi connectivity index (χ1) is 13.6. The van der Waals surface area contributed by atoms with E-state index in [1.807, 2.05) is 61.7 Å². The quantitative estimate of drug-likeness (QED) is 0.556. The van der Waals surface area contributed by atoms with Gasteiger partial charge in [-0.05, 0) is 43.3 Å². The topological polar surface area (TPSA) is 76.3 Å². The second kappa shape index (κ2) is 9.71. The Morgan fingerprint density at radius 3 is 2.61 bits per heavy atom. The summed E-state index contributed by atoms with van der Waals surface area (Å²) in [6.45, 7) is 5.13. The molecule has 0 amide bonds. The molecule has 3 N–H and O–H groups in total. The molecule has 1 aromatic carbocycles. The van der Waals surface area contributed by atoms with E-state index in [1.54, 1.807) is 7.11 Å². The van der Waals surface area contributed by atoms with Gasteiger partial charge in [-0.15, -0.1) is 0 Å². The monoisotopic (exact) mass is 377 g/mol. The highest BCUT2D eigenvalue weighted by molar-refractivity contribution is 5.62. The number of hydrogen-bond acceptors (Lipinski definition) is 6. The van der Waals surface area contributed by atoms with Crippen LogP contribution in [0.4, 0.5) is 11.4 Å². The van der Waals surface area contributed by atoms with Gasteiger partial charge in [0.2, 0.25) is 0 Å². The van der Waals surface area contributed by atoms with Crippen molar-refractivity contribution >= 4 is 11.4 Å². The Morgan fingerprint density at radius 1 is 1.04 bits per heavy atom. The Kier molecular flexibility index (Phi) is 6.81. The summed E-state index contributed by atoms with van der Waals surface area (Å²) in [4.78, 5) is 11.4. The summed E-state index contributed by atoms with van der Waals surface area (Å²) in [6, 6.07) is 17.8. The van der Waals surface area contributed by atoms with Crippen LogP contribution in [-0.4, -0.2) is 35.1 Å². The largest absolute Gasteiger partial charge is 0.495 e. The van der Waals surface area contributed by atoms with Crippen molar-refractivity contribution in [2.75, 3.05) is 31.2 Å². The number of nitrogens with one attached hydrogen (secondary N) is 1. The molecule has 0 aliphatic heterocycles. The van der Waals surface area contributed by atoms with Crippen LogP contribution in [0.3, 0.4) is 0 Å². The van der Waals surface area contributed by atoms with Gasteiger partial charge in [0.25, 0.3) is 0 Å². The highest BCUT2D eigenvalue weighted by Gasteiger charge is 2.10. The summed E-state index contributed by atoms with van der Waals surface area (Å²) in [5.41, 5.74) is 10.6. The molecule has 6 nitrogen and oxygen atoms in total. The van der Waals surface area contributed by atoms with Gasteiger partial charge < -0.3 is 15.8 Å². The second-order valence-electron chi connectivity index (χ2n) is 6.69. The minimum atomic E-state index is 0.685. The predicted molar refractivity (Wildman–Crippen MR) is 113 cm³/mol. The maximum Gasteiger partial charge on any atom is 0.143 e. The number of hydrogen-bond donors (Lipinski definition) is 2. The minimum Gasteiger partial charge on any atom is -0.495 e. The van der Waals surface area contributed by atoms with E-state index in [0.717, 1.165) is 54.7 Å². The van der Waals surface area contributed by atoms with Crippen molar-refractivity contribution < 1.29 is 4.74 Å². The van der Waals surface area contributed by atoms with Crippen LogP contribution in [0.15, 0.2) is 60.8 Å².